The molecule has 1 aliphatic carbocycles. The van der Waals surface area contributed by atoms with Crippen molar-refractivity contribution in [3.05, 3.63) is 58.8 Å². The lowest BCUT2D eigenvalue weighted by Gasteiger charge is -2.22. The molecule has 2 N–H and O–H groups in total. The van der Waals surface area contributed by atoms with E-state index in [1.165, 1.54) is 65.9 Å². The minimum atomic E-state index is -1.26. The molecule has 0 unspecified atom stereocenters. The van der Waals surface area contributed by atoms with Gasteiger partial charge in [-0.15, -0.1) is 0 Å². The second-order valence-corrected chi connectivity index (χ2v) is 7.63. The highest BCUT2D eigenvalue weighted by Crippen LogP contribution is 2.37. The smallest absolute Gasteiger partial charge is 0.328 e. The van der Waals surface area contributed by atoms with Gasteiger partial charge in [0.1, 0.15) is 0 Å². The molecule has 2 aromatic rings. The lowest BCUT2D eigenvalue weighted by atomic mass is 9.88. The first-order valence-corrected chi connectivity index (χ1v) is 10.4. The molecule has 0 fully saturated rings. The predicted molar refractivity (Wildman–Crippen MR) is 117 cm³/mol. The molecule has 0 atom stereocenters. The van der Waals surface area contributed by atoms with Gasteiger partial charge in [0, 0.05) is 24.3 Å². The summed E-state index contributed by atoms with van der Waals surface area (Å²) in [6.45, 7) is 6.36. The number of aliphatic carboxylic acids is 2. The predicted octanol–water partition coefficient (Wildman–Crippen LogP) is 4.13. The number of aliphatic imine (C=N–C) groups is 1. The van der Waals surface area contributed by atoms with Gasteiger partial charge in [-0.25, -0.2) is 9.59 Å². The van der Waals surface area contributed by atoms with Gasteiger partial charge in [0.25, 0.3) is 0 Å². The van der Waals surface area contributed by atoms with Gasteiger partial charge in [-0.05, 0) is 55.4 Å². The number of carboxylic acids is 2. The van der Waals surface area contributed by atoms with Crippen LogP contribution < -0.4 is 0 Å². The normalized spacial score (nSPS) is 14.1. The zero-order valence-corrected chi connectivity index (χ0v) is 17.5. The van der Waals surface area contributed by atoms with Crippen molar-refractivity contribution in [2.24, 2.45) is 4.99 Å². The Morgan fingerprint density at radius 2 is 1.80 bits per heavy atom. The molecule has 0 saturated heterocycles. The number of carbonyl (C=O) groups is 2. The molecule has 0 spiro atoms. The van der Waals surface area contributed by atoms with Crippen LogP contribution in [-0.4, -0.2) is 39.0 Å². The molecule has 30 heavy (non-hydrogen) atoms. The monoisotopic (exact) mass is 408 g/mol. The number of aryl methyl sites for hydroxylation is 3. The highest BCUT2D eigenvalue weighted by molar-refractivity contribution is 5.99. The number of carboxylic acid groups (broad SMARTS) is 2. The fraction of sp³-hybridized carbons (Fsp3) is 0.375. The van der Waals surface area contributed by atoms with Gasteiger partial charge in [0.05, 0.1) is 23.6 Å². The molecule has 2 aliphatic rings. The molecule has 0 bridgehead atoms. The number of hydrogen-bond donors (Lipinski definition) is 2. The Morgan fingerprint density at radius 1 is 1.10 bits per heavy atom. The molecule has 1 aromatic heterocycles. The van der Waals surface area contributed by atoms with E-state index in [9.17, 15) is 9.59 Å². The van der Waals surface area contributed by atoms with Crippen molar-refractivity contribution in [2.45, 2.75) is 52.5 Å². The largest absolute Gasteiger partial charge is 0.478 e. The molecule has 1 aliphatic heterocycles. The van der Waals surface area contributed by atoms with Crippen molar-refractivity contribution in [1.82, 2.24) is 4.57 Å². The van der Waals surface area contributed by atoms with E-state index in [2.05, 4.69) is 47.7 Å². The molecule has 1 aromatic carbocycles. The van der Waals surface area contributed by atoms with E-state index in [1.807, 2.05) is 0 Å². The third-order valence-corrected chi connectivity index (χ3v) is 5.50. The summed E-state index contributed by atoms with van der Waals surface area (Å²) in [5.41, 5.74) is 10.0. The molecule has 6 heteroatoms. The summed E-state index contributed by atoms with van der Waals surface area (Å²) in [5, 5.41) is 15.6. The van der Waals surface area contributed by atoms with Crippen LogP contribution in [0.1, 0.15) is 49.1 Å². The molecule has 0 amide bonds. The minimum Gasteiger partial charge on any atom is -0.478 e. The van der Waals surface area contributed by atoms with Gasteiger partial charge < -0.3 is 14.8 Å². The molecular formula is C24H28N2O4. The Morgan fingerprint density at radius 3 is 2.47 bits per heavy atom. The van der Waals surface area contributed by atoms with Crippen molar-refractivity contribution in [1.29, 1.82) is 0 Å². The van der Waals surface area contributed by atoms with Crippen molar-refractivity contribution in [2.75, 3.05) is 6.54 Å². The third-order valence-electron chi connectivity index (χ3n) is 5.50. The lowest BCUT2D eigenvalue weighted by Crippen LogP contribution is -2.17. The number of aromatic nitrogens is 1. The van der Waals surface area contributed by atoms with Crippen molar-refractivity contribution >= 4 is 17.7 Å². The van der Waals surface area contributed by atoms with Gasteiger partial charge in [0.15, 0.2) is 0 Å². The summed E-state index contributed by atoms with van der Waals surface area (Å²) >= 11 is 0. The minimum absolute atomic E-state index is 0.558. The van der Waals surface area contributed by atoms with Crippen LogP contribution in [0.2, 0.25) is 0 Å². The van der Waals surface area contributed by atoms with Gasteiger partial charge in [-0.2, -0.15) is 0 Å². The van der Waals surface area contributed by atoms with E-state index < -0.39 is 11.9 Å². The molecule has 6 nitrogen and oxygen atoms in total. The van der Waals surface area contributed by atoms with Gasteiger partial charge >= 0.3 is 11.9 Å². The summed E-state index contributed by atoms with van der Waals surface area (Å²) < 4.78 is 2.50. The molecule has 0 radical (unpaired) electrons. The zero-order chi connectivity index (χ0) is 21.7. The Labute approximate surface area is 176 Å². The molecule has 0 saturated carbocycles. The van der Waals surface area contributed by atoms with Crippen LogP contribution >= 0.6 is 0 Å². The van der Waals surface area contributed by atoms with E-state index in [0.29, 0.717) is 12.2 Å². The summed E-state index contributed by atoms with van der Waals surface area (Å²) in [4.78, 5) is 23.7. The standard InChI is InChI=1S/C20H24N2.C4H4O4/c1-3-4-5-15-6-9-18-16(12-15)7-8-17-13-19-14(2)21-10-11-22(19)20(17)18;5-3(6)1-2-4(7)8/h6,9,12-13H,3-5,7-8,10-11H2,1-2H3;1-2H,(H,5,6)(H,7,8)/b;2-1+. The van der Waals surface area contributed by atoms with E-state index in [1.54, 1.807) is 5.56 Å². The third kappa shape index (κ3) is 4.87. The van der Waals surface area contributed by atoms with E-state index in [0.717, 1.165) is 13.1 Å². The maximum atomic E-state index is 9.55. The van der Waals surface area contributed by atoms with E-state index >= 15 is 0 Å². The molecule has 158 valence electrons. The van der Waals surface area contributed by atoms with Crippen LogP contribution in [0.4, 0.5) is 0 Å². The van der Waals surface area contributed by atoms with Gasteiger partial charge in [-0.3, -0.25) is 4.99 Å². The summed E-state index contributed by atoms with van der Waals surface area (Å²) in [5.74, 6) is -2.51. The molecule has 2 heterocycles. The number of benzene rings is 1. The Bertz CT molecular complexity index is 998. The Balaban J connectivity index is 0.000000275. The number of unbranched alkanes of at least 4 members (excludes halogenated alkanes) is 1. The van der Waals surface area contributed by atoms with Crippen molar-refractivity contribution in [3.8, 4) is 11.3 Å². The second-order valence-electron chi connectivity index (χ2n) is 7.63. The first kappa shape index (κ1) is 21.6. The van der Waals surface area contributed by atoms with Crippen molar-refractivity contribution < 1.29 is 19.8 Å². The van der Waals surface area contributed by atoms with Crippen LogP contribution in [0, 0.1) is 0 Å². The van der Waals surface area contributed by atoms with Crippen molar-refractivity contribution in [3.63, 3.8) is 0 Å². The molecular weight excluding hydrogens is 380 g/mol. The van der Waals surface area contributed by atoms with E-state index in [-0.39, 0.29) is 0 Å². The Hall–Kier alpha value is -3.15. The summed E-state index contributed by atoms with van der Waals surface area (Å²) in [6.07, 6.45) is 7.25. The van der Waals surface area contributed by atoms with Gasteiger partial charge in [-0.1, -0.05) is 31.5 Å². The highest BCUT2D eigenvalue weighted by atomic mass is 16.4. The second kappa shape index (κ2) is 9.57. The quantitative estimate of drug-likeness (QED) is 0.728. The maximum Gasteiger partial charge on any atom is 0.328 e. The average molecular weight is 408 g/mol. The van der Waals surface area contributed by atoms with E-state index in [4.69, 9.17) is 10.2 Å². The summed E-state index contributed by atoms with van der Waals surface area (Å²) in [7, 11) is 0. The topological polar surface area (TPSA) is 91.9 Å². The molecule has 4 rings (SSSR count). The van der Waals surface area contributed by atoms with Crippen LogP contribution in [0.5, 0.6) is 0 Å². The average Bonchev–Trinajstić information content (AvgIpc) is 3.11. The van der Waals surface area contributed by atoms with Crippen LogP contribution in [0.15, 0.2) is 41.4 Å². The maximum absolute atomic E-state index is 9.55. The number of nitrogens with zero attached hydrogens (tertiary/aromatic N) is 2. The Kier molecular flexibility index (Phi) is 6.87. The van der Waals surface area contributed by atoms with Crippen LogP contribution in [-0.2, 0) is 35.4 Å². The lowest BCUT2D eigenvalue weighted by molar-refractivity contribution is -0.134. The SMILES string of the molecule is CCCCc1ccc2c(c1)CCc1cc3n(c1-2)CCN=C3C.O=C(O)/C=C/C(=O)O. The fourth-order valence-corrected chi connectivity index (χ4v) is 4.08. The number of rotatable bonds is 5. The zero-order valence-electron chi connectivity index (χ0n) is 17.5. The number of fused-ring (bicyclic) bond motifs is 5. The first-order chi connectivity index (χ1) is 14.4. The fourth-order valence-electron chi connectivity index (χ4n) is 4.08. The van der Waals surface area contributed by atoms with Gasteiger partial charge in [0.2, 0.25) is 0 Å². The summed E-state index contributed by atoms with van der Waals surface area (Å²) in [6, 6.07) is 9.54. The first-order valence-electron chi connectivity index (χ1n) is 10.4. The van der Waals surface area contributed by atoms with Crippen LogP contribution in [0.3, 0.4) is 0 Å². The highest BCUT2D eigenvalue weighted by Gasteiger charge is 2.25. The number of hydrogen-bond acceptors (Lipinski definition) is 3. The van der Waals surface area contributed by atoms with Crippen LogP contribution in [0.25, 0.3) is 11.3 Å².